The first-order valence-corrected chi connectivity index (χ1v) is 8.00. The summed E-state index contributed by atoms with van der Waals surface area (Å²) in [6.07, 6.45) is 8.42. The van der Waals surface area contributed by atoms with Crippen LogP contribution in [0.2, 0.25) is 0 Å². The Labute approximate surface area is 120 Å². The van der Waals surface area contributed by atoms with Gasteiger partial charge in [-0.2, -0.15) is 0 Å². The van der Waals surface area contributed by atoms with E-state index in [1.54, 1.807) is 0 Å². The van der Waals surface area contributed by atoms with Crippen LogP contribution in [0.3, 0.4) is 0 Å². The van der Waals surface area contributed by atoms with Crippen molar-refractivity contribution in [2.45, 2.75) is 75.1 Å². The van der Waals surface area contributed by atoms with Crippen molar-refractivity contribution in [3.63, 3.8) is 0 Å². The lowest BCUT2D eigenvalue weighted by Crippen LogP contribution is -2.61. The Morgan fingerprint density at radius 3 is 2.85 bits per heavy atom. The summed E-state index contributed by atoms with van der Waals surface area (Å²) >= 11 is 0. The van der Waals surface area contributed by atoms with E-state index in [9.17, 15) is 9.90 Å². The summed E-state index contributed by atoms with van der Waals surface area (Å²) < 4.78 is 5.91. The number of nitrogens with zero attached hydrogens (tertiary/aromatic N) is 1. The minimum atomic E-state index is -1.02. The number of carbonyl (C=O) groups is 1. The van der Waals surface area contributed by atoms with E-state index in [2.05, 4.69) is 4.90 Å². The van der Waals surface area contributed by atoms with E-state index in [0.717, 1.165) is 32.4 Å². The Morgan fingerprint density at radius 1 is 1.25 bits per heavy atom. The lowest BCUT2D eigenvalue weighted by atomic mass is 9.77. The van der Waals surface area contributed by atoms with Gasteiger partial charge in [0.05, 0.1) is 12.7 Å². The first-order valence-electron chi connectivity index (χ1n) is 8.00. The molecule has 1 saturated heterocycles. The molecule has 4 unspecified atom stereocenters. The quantitative estimate of drug-likeness (QED) is 0.799. The summed E-state index contributed by atoms with van der Waals surface area (Å²) in [6.45, 7) is 1.71. The van der Waals surface area contributed by atoms with Crippen LogP contribution in [0.5, 0.6) is 0 Å². The minimum absolute atomic E-state index is 0.319. The van der Waals surface area contributed by atoms with Gasteiger partial charge in [0.15, 0.2) is 0 Å². The largest absolute Gasteiger partial charge is 0.480 e. The molecule has 3 N–H and O–H groups in total. The zero-order valence-corrected chi connectivity index (χ0v) is 12.1. The van der Waals surface area contributed by atoms with Gasteiger partial charge in [-0.3, -0.25) is 9.69 Å². The number of rotatable bonds is 2. The van der Waals surface area contributed by atoms with Crippen LogP contribution in [-0.2, 0) is 9.53 Å². The number of fused-ring (bicyclic) bond motifs is 1. The normalized spacial score (nSPS) is 43.0. The van der Waals surface area contributed by atoms with Crippen LogP contribution in [0, 0.1) is 0 Å². The molecule has 3 rings (SSSR count). The Hall–Kier alpha value is -0.650. The molecule has 0 radical (unpaired) electrons. The van der Waals surface area contributed by atoms with Crippen LogP contribution in [-0.4, -0.2) is 52.9 Å². The summed E-state index contributed by atoms with van der Waals surface area (Å²) in [5, 5.41) is 9.38. The summed E-state index contributed by atoms with van der Waals surface area (Å²) in [5.41, 5.74) is 5.09. The lowest BCUT2D eigenvalue weighted by Gasteiger charge is -2.50. The van der Waals surface area contributed by atoms with Crippen molar-refractivity contribution in [3.05, 3.63) is 0 Å². The van der Waals surface area contributed by atoms with E-state index in [1.807, 2.05) is 0 Å². The topological polar surface area (TPSA) is 75.8 Å². The van der Waals surface area contributed by atoms with E-state index in [-0.39, 0.29) is 0 Å². The molecule has 0 aromatic carbocycles. The monoisotopic (exact) mass is 282 g/mol. The van der Waals surface area contributed by atoms with Gasteiger partial charge < -0.3 is 15.6 Å². The van der Waals surface area contributed by atoms with Gasteiger partial charge in [-0.15, -0.1) is 0 Å². The molecule has 1 aliphatic heterocycles. The average molecular weight is 282 g/mol. The van der Waals surface area contributed by atoms with Crippen molar-refractivity contribution in [2.24, 2.45) is 5.73 Å². The van der Waals surface area contributed by atoms with Gasteiger partial charge in [0, 0.05) is 18.6 Å². The van der Waals surface area contributed by atoms with Crippen molar-refractivity contribution in [2.75, 3.05) is 13.2 Å². The highest BCUT2D eigenvalue weighted by Gasteiger charge is 2.44. The van der Waals surface area contributed by atoms with Crippen LogP contribution < -0.4 is 5.73 Å². The zero-order valence-electron chi connectivity index (χ0n) is 12.1. The highest BCUT2D eigenvalue weighted by molar-refractivity contribution is 5.78. The third-order valence-electron chi connectivity index (χ3n) is 5.43. The number of ether oxygens (including phenoxy) is 1. The molecular formula is C15H26N2O3. The molecule has 0 bridgehead atoms. The fourth-order valence-electron chi connectivity index (χ4n) is 4.33. The molecule has 3 fully saturated rings. The van der Waals surface area contributed by atoms with Crippen LogP contribution in [0.4, 0.5) is 0 Å². The maximum Gasteiger partial charge on any atom is 0.323 e. The third kappa shape index (κ3) is 2.59. The molecule has 2 saturated carbocycles. The van der Waals surface area contributed by atoms with Crippen molar-refractivity contribution in [3.8, 4) is 0 Å². The smallest absolute Gasteiger partial charge is 0.323 e. The molecule has 4 atom stereocenters. The third-order valence-corrected chi connectivity index (χ3v) is 5.43. The maximum atomic E-state index is 11.4. The first-order chi connectivity index (χ1) is 9.60. The van der Waals surface area contributed by atoms with E-state index < -0.39 is 11.5 Å². The van der Waals surface area contributed by atoms with Crippen LogP contribution in [0.15, 0.2) is 0 Å². The second-order valence-electron chi connectivity index (χ2n) is 6.71. The number of nitrogens with two attached hydrogens (primary N) is 1. The lowest BCUT2D eigenvalue weighted by molar-refractivity contribution is -0.148. The highest BCUT2D eigenvalue weighted by Crippen LogP contribution is 2.36. The molecule has 114 valence electrons. The van der Waals surface area contributed by atoms with Crippen LogP contribution in [0.1, 0.15) is 51.4 Å². The molecule has 0 amide bonds. The average Bonchev–Trinajstić information content (AvgIpc) is 2.46. The number of carboxylic acid groups (broad SMARTS) is 1. The van der Waals surface area contributed by atoms with Crippen molar-refractivity contribution in [1.29, 1.82) is 0 Å². The second-order valence-corrected chi connectivity index (χ2v) is 6.71. The number of morpholine rings is 1. The van der Waals surface area contributed by atoms with E-state index >= 15 is 0 Å². The number of hydrogen-bond acceptors (Lipinski definition) is 4. The number of aliphatic carboxylic acids is 1. The maximum absolute atomic E-state index is 11.4. The molecule has 0 spiro atoms. The Bertz CT molecular complexity index is 374. The van der Waals surface area contributed by atoms with E-state index in [4.69, 9.17) is 10.5 Å². The summed E-state index contributed by atoms with van der Waals surface area (Å²) in [6, 6.07) is 0.804. The molecule has 1 heterocycles. The Balaban J connectivity index is 1.72. The molecule has 3 aliphatic rings. The van der Waals surface area contributed by atoms with Crippen LogP contribution >= 0.6 is 0 Å². The first kappa shape index (κ1) is 14.3. The summed E-state index contributed by atoms with van der Waals surface area (Å²) in [7, 11) is 0. The zero-order chi connectivity index (χ0) is 14.2. The van der Waals surface area contributed by atoms with Gasteiger partial charge in [0.25, 0.3) is 0 Å². The molecule has 0 aromatic heterocycles. The molecule has 20 heavy (non-hydrogen) atoms. The van der Waals surface area contributed by atoms with Gasteiger partial charge in [-0.1, -0.05) is 12.8 Å². The fraction of sp³-hybridized carbons (Fsp3) is 0.933. The van der Waals surface area contributed by atoms with Gasteiger partial charge in [0.2, 0.25) is 0 Å². The predicted octanol–water partition coefficient (Wildman–Crippen LogP) is 1.35. The van der Waals surface area contributed by atoms with Crippen molar-refractivity contribution >= 4 is 5.97 Å². The summed E-state index contributed by atoms with van der Waals surface area (Å²) in [5.74, 6) is -0.837. The summed E-state index contributed by atoms with van der Waals surface area (Å²) in [4.78, 5) is 13.9. The molecular weight excluding hydrogens is 256 g/mol. The van der Waals surface area contributed by atoms with Crippen molar-refractivity contribution < 1.29 is 14.6 Å². The Morgan fingerprint density at radius 2 is 2.05 bits per heavy atom. The molecule has 5 nitrogen and oxygen atoms in total. The van der Waals surface area contributed by atoms with E-state index in [0.29, 0.717) is 31.0 Å². The van der Waals surface area contributed by atoms with Crippen LogP contribution in [0.25, 0.3) is 0 Å². The minimum Gasteiger partial charge on any atom is -0.480 e. The Kier molecular flexibility index (Phi) is 4.02. The second kappa shape index (κ2) is 5.62. The molecule has 5 heteroatoms. The molecule has 0 aromatic rings. The predicted molar refractivity (Wildman–Crippen MR) is 75.5 cm³/mol. The van der Waals surface area contributed by atoms with E-state index in [1.165, 1.54) is 19.3 Å². The fourth-order valence-corrected chi connectivity index (χ4v) is 4.33. The van der Waals surface area contributed by atoms with Gasteiger partial charge in [0.1, 0.15) is 5.54 Å². The van der Waals surface area contributed by atoms with Gasteiger partial charge in [-0.05, 0) is 38.5 Å². The number of hydrogen-bond donors (Lipinski definition) is 2. The van der Waals surface area contributed by atoms with Crippen molar-refractivity contribution in [1.82, 2.24) is 4.90 Å². The highest BCUT2D eigenvalue weighted by atomic mass is 16.5. The SMILES string of the molecule is NC1(C(=O)O)CCCC(N2CCOC3CCCCC32)C1. The standard InChI is InChI=1S/C15H26N2O3/c16-15(14(18)19)7-3-4-11(10-15)17-8-9-20-13-6-2-1-5-12(13)17/h11-13H,1-10,16H2,(H,18,19). The number of carboxylic acids is 1. The van der Waals surface area contributed by atoms with Gasteiger partial charge >= 0.3 is 5.97 Å². The molecule has 2 aliphatic carbocycles. The van der Waals surface area contributed by atoms with Gasteiger partial charge in [-0.25, -0.2) is 0 Å².